The first-order valence-electron chi connectivity index (χ1n) is 6.07. The van der Waals surface area contributed by atoms with Gasteiger partial charge in [-0.05, 0) is 36.3 Å². The number of esters is 2. The van der Waals surface area contributed by atoms with Crippen molar-refractivity contribution in [2.75, 3.05) is 6.61 Å². The predicted octanol–water partition coefficient (Wildman–Crippen LogP) is 1.82. The van der Waals surface area contributed by atoms with Crippen LogP contribution in [0, 0.1) is 0 Å². The Balaban J connectivity index is 1.82. The molecule has 1 aromatic carbocycles. The van der Waals surface area contributed by atoms with Crippen LogP contribution < -0.4 is 0 Å². The van der Waals surface area contributed by atoms with Crippen molar-refractivity contribution in [2.24, 2.45) is 0 Å². The van der Waals surface area contributed by atoms with Crippen molar-refractivity contribution in [1.82, 2.24) is 0 Å². The Morgan fingerprint density at radius 3 is 2.70 bits per heavy atom. The third kappa shape index (κ3) is 3.71. The Bertz CT molecular complexity index is 568. The summed E-state index contributed by atoms with van der Waals surface area (Å²) in [5, 5.41) is 9.12. The highest BCUT2D eigenvalue weighted by atomic mass is 16.6. The third-order valence-corrected chi connectivity index (χ3v) is 2.79. The van der Waals surface area contributed by atoms with Crippen LogP contribution in [0.3, 0.4) is 0 Å². The first-order chi connectivity index (χ1) is 9.54. The summed E-state index contributed by atoms with van der Waals surface area (Å²) in [4.78, 5) is 22.5. The number of cyclic esters (lactones) is 1. The Kier molecular flexibility index (Phi) is 4.20. The van der Waals surface area contributed by atoms with E-state index in [-0.39, 0.29) is 12.4 Å². The van der Waals surface area contributed by atoms with Crippen LogP contribution in [0.4, 0.5) is 0 Å². The monoisotopic (exact) mass is 274 g/mol. The number of benzene rings is 1. The second kappa shape index (κ2) is 6.06. The van der Waals surface area contributed by atoms with Gasteiger partial charge in [-0.15, -0.1) is 0 Å². The van der Waals surface area contributed by atoms with E-state index in [9.17, 15) is 9.59 Å². The molecule has 0 fully saturated rings. The molecule has 0 aliphatic carbocycles. The average Bonchev–Trinajstić information content (AvgIpc) is 2.74. The molecule has 0 spiro atoms. The molecule has 0 radical (unpaired) electrons. The maximum absolute atomic E-state index is 11.5. The van der Waals surface area contributed by atoms with Crippen molar-refractivity contribution < 1.29 is 24.2 Å². The summed E-state index contributed by atoms with van der Waals surface area (Å²) in [6.45, 7) is 1.75. The number of phenols is 1. The van der Waals surface area contributed by atoms with Gasteiger partial charge in [-0.2, -0.15) is 0 Å². The minimum atomic E-state index is -0.520. The first-order valence-corrected chi connectivity index (χ1v) is 6.07. The fraction of sp³-hybridized carbons (Fsp3) is 0.200. The van der Waals surface area contributed by atoms with Gasteiger partial charge in [0.1, 0.15) is 12.4 Å². The van der Waals surface area contributed by atoms with Crippen LogP contribution in [-0.2, 0) is 19.1 Å². The number of hydrogen-bond donors (Lipinski definition) is 1. The molecule has 0 saturated carbocycles. The van der Waals surface area contributed by atoms with E-state index in [4.69, 9.17) is 14.6 Å². The summed E-state index contributed by atoms with van der Waals surface area (Å²) >= 11 is 0. The van der Waals surface area contributed by atoms with Crippen molar-refractivity contribution in [3.63, 3.8) is 0 Å². The SMILES string of the molecule is CC1=CC(=O)O[C@H]1COC(=O)C=Cc1ccc(O)cc1. The second-order valence-corrected chi connectivity index (χ2v) is 4.37. The van der Waals surface area contributed by atoms with Gasteiger partial charge < -0.3 is 14.6 Å². The number of aromatic hydroxyl groups is 1. The molecule has 2 rings (SSSR count). The predicted molar refractivity (Wildman–Crippen MR) is 71.7 cm³/mol. The fourth-order valence-corrected chi connectivity index (χ4v) is 1.67. The summed E-state index contributed by atoms with van der Waals surface area (Å²) in [5.74, 6) is -0.771. The van der Waals surface area contributed by atoms with Gasteiger partial charge in [0.25, 0.3) is 0 Å². The molecule has 20 heavy (non-hydrogen) atoms. The summed E-state index contributed by atoms with van der Waals surface area (Å²) in [5.41, 5.74) is 1.51. The van der Waals surface area contributed by atoms with E-state index in [0.29, 0.717) is 0 Å². The smallest absolute Gasteiger partial charge is 0.331 e. The number of phenolic OH excluding ortho intramolecular Hbond substituents is 1. The average molecular weight is 274 g/mol. The Labute approximate surface area is 116 Å². The van der Waals surface area contributed by atoms with Gasteiger partial charge in [0, 0.05) is 12.2 Å². The molecule has 0 saturated heterocycles. The largest absolute Gasteiger partial charge is 0.508 e. The van der Waals surface area contributed by atoms with Gasteiger partial charge in [-0.1, -0.05) is 12.1 Å². The van der Waals surface area contributed by atoms with Crippen LogP contribution in [0.5, 0.6) is 5.75 Å². The Hall–Kier alpha value is -2.56. The zero-order chi connectivity index (χ0) is 14.5. The highest BCUT2D eigenvalue weighted by Gasteiger charge is 2.23. The highest BCUT2D eigenvalue weighted by molar-refractivity contribution is 5.87. The zero-order valence-corrected chi connectivity index (χ0v) is 10.9. The molecule has 104 valence electrons. The highest BCUT2D eigenvalue weighted by Crippen LogP contribution is 2.15. The van der Waals surface area contributed by atoms with E-state index < -0.39 is 18.0 Å². The molecule has 1 N–H and O–H groups in total. The topological polar surface area (TPSA) is 72.8 Å². The normalized spacial score (nSPS) is 17.9. The lowest BCUT2D eigenvalue weighted by atomic mass is 10.2. The number of carbonyl (C=O) groups excluding carboxylic acids is 2. The van der Waals surface area contributed by atoms with Gasteiger partial charge in [-0.3, -0.25) is 0 Å². The van der Waals surface area contributed by atoms with Crippen LogP contribution in [0.15, 0.2) is 42.0 Å². The summed E-state index contributed by atoms with van der Waals surface area (Å²) in [7, 11) is 0. The van der Waals surface area contributed by atoms with E-state index >= 15 is 0 Å². The van der Waals surface area contributed by atoms with Crippen molar-refractivity contribution in [3.05, 3.63) is 47.6 Å². The Morgan fingerprint density at radius 2 is 2.10 bits per heavy atom. The minimum absolute atomic E-state index is 0.00677. The summed E-state index contributed by atoms with van der Waals surface area (Å²) < 4.78 is 9.94. The molecular formula is C15H14O5. The zero-order valence-electron chi connectivity index (χ0n) is 10.9. The Morgan fingerprint density at radius 1 is 1.40 bits per heavy atom. The third-order valence-electron chi connectivity index (χ3n) is 2.79. The van der Waals surface area contributed by atoms with E-state index in [1.807, 2.05) is 0 Å². The number of rotatable bonds is 4. The molecular weight excluding hydrogens is 260 g/mol. The summed E-state index contributed by atoms with van der Waals surface area (Å²) in [6, 6.07) is 6.39. The molecule has 0 aromatic heterocycles. The lowest BCUT2D eigenvalue weighted by molar-refractivity contribution is -0.148. The standard InChI is InChI=1S/C15H14O5/c1-10-8-15(18)20-13(10)9-19-14(17)7-4-11-2-5-12(16)6-3-11/h2-8,13,16H,9H2,1H3/t13-/m0/s1. The molecule has 1 aliphatic heterocycles. The molecule has 1 heterocycles. The van der Waals surface area contributed by atoms with E-state index in [2.05, 4.69) is 0 Å². The lowest BCUT2D eigenvalue weighted by Crippen LogP contribution is -2.20. The van der Waals surface area contributed by atoms with Crippen LogP contribution >= 0.6 is 0 Å². The molecule has 1 aliphatic rings. The van der Waals surface area contributed by atoms with Crippen molar-refractivity contribution in [1.29, 1.82) is 0 Å². The quantitative estimate of drug-likeness (QED) is 0.669. The van der Waals surface area contributed by atoms with Gasteiger partial charge in [0.2, 0.25) is 0 Å². The molecule has 5 nitrogen and oxygen atoms in total. The molecule has 0 unspecified atom stereocenters. The van der Waals surface area contributed by atoms with Gasteiger partial charge in [0.05, 0.1) is 0 Å². The number of carbonyl (C=O) groups is 2. The van der Waals surface area contributed by atoms with E-state index in [1.54, 1.807) is 25.1 Å². The first kappa shape index (κ1) is 13.9. The van der Waals surface area contributed by atoms with Crippen LogP contribution in [-0.4, -0.2) is 29.8 Å². The van der Waals surface area contributed by atoms with Crippen LogP contribution in [0.1, 0.15) is 12.5 Å². The van der Waals surface area contributed by atoms with Gasteiger partial charge in [0.15, 0.2) is 6.10 Å². The fourth-order valence-electron chi connectivity index (χ4n) is 1.67. The van der Waals surface area contributed by atoms with Crippen molar-refractivity contribution in [2.45, 2.75) is 13.0 Å². The van der Waals surface area contributed by atoms with Crippen LogP contribution in [0.25, 0.3) is 6.08 Å². The number of hydrogen-bond acceptors (Lipinski definition) is 5. The van der Waals surface area contributed by atoms with Crippen LogP contribution in [0.2, 0.25) is 0 Å². The molecule has 0 amide bonds. The molecule has 1 atom stereocenters. The molecule has 1 aromatic rings. The van der Waals surface area contributed by atoms with Crippen molar-refractivity contribution in [3.8, 4) is 5.75 Å². The lowest BCUT2D eigenvalue weighted by Gasteiger charge is -2.10. The summed E-state index contributed by atoms with van der Waals surface area (Å²) in [6.07, 6.45) is 3.74. The molecule has 5 heteroatoms. The van der Waals surface area contributed by atoms with Gasteiger partial charge in [-0.25, -0.2) is 9.59 Å². The van der Waals surface area contributed by atoms with Gasteiger partial charge >= 0.3 is 11.9 Å². The molecule has 0 bridgehead atoms. The maximum Gasteiger partial charge on any atom is 0.331 e. The second-order valence-electron chi connectivity index (χ2n) is 4.37. The minimum Gasteiger partial charge on any atom is -0.508 e. The number of ether oxygens (including phenoxy) is 2. The van der Waals surface area contributed by atoms with Crippen molar-refractivity contribution >= 4 is 18.0 Å². The maximum atomic E-state index is 11.5. The van der Waals surface area contributed by atoms with E-state index in [1.165, 1.54) is 24.3 Å². The van der Waals surface area contributed by atoms with E-state index in [0.717, 1.165) is 11.1 Å².